The fraction of sp³-hybridized carbons (Fsp3) is 0.417. The number of nitrogens with one attached hydrogen (secondary N) is 2. The molecule has 2 N–H and O–H groups in total. The Morgan fingerprint density at radius 1 is 1.22 bits per heavy atom. The van der Waals surface area contributed by atoms with Crippen LogP contribution in [-0.4, -0.2) is 18.5 Å². The molecule has 0 unspecified atom stereocenters. The van der Waals surface area contributed by atoms with Gasteiger partial charge in [0.15, 0.2) is 0 Å². The number of hydrogen-bond acceptors (Lipinski definition) is 1. The van der Waals surface area contributed by atoms with E-state index in [2.05, 4.69) is 10.6 Å². The molecular formula is C12H15ClF2N2O. The second kappa shape index (κ2) is 7.87. The Hall–Kier alpha value is -1.36. The van der Waals surface area contributed by atoms with Crippen molar-refractivity contribution in [2.24, 2.45) is 0 Å². The van der Waals surface area contributed by atoms with Crippen LogP contribution in [0.1, 0.15) is 19.3 Å². The van der Waals surface area contributed by atoms with Gasteiger partial charge in [-0.15, -0.1) is 11.6 Å². The molecule has 18 heavy (non-hydrogen) atoms. The van der Waals surface area contributed by atoms with E-state index >= 15 is 0 Å². The van der Waals surface area contributed by atoms with Gasteiger partial charge >= 0.3 is 6.03 Å². The highest BCUT2D eigenvalue weighted by atomic mass is 35.5. The van der Waals surface area contributed by atoms with Gasteiger partial charge in [-0.3, -0.25) is 0 Å². The summed E-state index contributed by atoms with van der Waals surface area (Å²) in [6.07, 6.45) is 2.64. The number of halogens is 3. The lowest BCUT2D eigenvalue weighted by atomic mass is 10.2. The molecule has 0 aliphatic carbocycles. The van der Waals surface area contributed by atoms with Gasteiger partial charge < -0.3 is 10.6 Å². The molecule has 0 aliphatic heterocycles. The quantitative estimate of drug-likeness (QED) is 0.606. The van der Waals surface area contributed by atoms with Crippen molar-refractivity contribution in [1.82, 2.24) is 5.32 Å². The van der Waals surface area contributed by atoms with Crippen molar-refractivity contribution in [3.05, 3.63) is 29.8 Å². The zero-order valence-corrected chi connectivity index (χ0v) is 10.6. The van der Waals surface area contributed by atoms with E-state index < -0.39 is 17.7 Å². The molecular weight excluding hydrogens is 262 g/mol. The van der Waals surface area contributed by atoms with Crippen LogP contribution >= 0.6 is 11.6 Å². The molecule has 0 atom stereocenters. The average Bonchev–Trinajstić information content (AvgIpc) is 2.32. The highest BCUT2D eigenvalue weighted by Crippen LogP contribution is 2.14. The number of alkyl halides is 1. The molecule has 2 amide bonds. The predicted molar refractivity (Wildman–Crippen MR) is 68.0 cm³/mol. The van der Waals surface area contributed by atoms with Crippen molar-refractivity contribution in [1.29, 1.82) is 0 Å². The molecule has 0 fully saturated rings. The Morgan fingerprint density at radius 3 is 2.67 bits per heavy atom. The van der Waals surface area contributed by atoms with Crippen LogP contribution in [0.2, 0.25) is 0 Å². The van der Waals surface area contributed by atoms with Crippen molar-refractivity contribution in [2.75, 3.05) is 17.7 Å². The molecule has 0 aromatic heterocycles. The summed E-state index contributed by atoms with van der Waals surface area (Å²) in [5, 5.41) is 4.89. The van der Waals surface area contributed by atoms with Gasteiger partial charge in [0.2, 0.25) is 0 Å². The lowest BCUT2D eigenvalue weighted by Gasteiger charge is -2.08. The number of amides is 2. The summed E-state index contributed by atoms with van der Waals surface area (Å²) in [5.74, 6) is -0.876. The van der Waals surface area contributed by atoms with Gasteiger partial charge in [-0.25, -0.2) is 13.6 Å². The van der Waals surface area contributed by atoms with Crippen LogP contribution in [0.3, 0.4) is 0 Å². The molecule has 0 bridgehead atoms. The van der Waals surface area contributed by atoms with Crippen LogP contribution < -0.4 is 10.6 Å². The van der Waals surface area contributed by atoms with Gasteiger partial charge in [0.05, 0.1) is 5.69 Å². The van der Waals surface area contributed by atoms with Crippen LogP contribution in [0.5, 0.6) is 0 Å². The standard InChI is InChI=1S/C12H15ClF2N2O/c13-6-2-1-3-7-16-12(18)17-11-5-4-9(14)8-10(11)15/h4-5,8H,1-3,6-7H2,(H2,16,17,18). The van der Waals surface area contributed by atoms with Crippen molar-refractivity contribution >= 4 is 23.3 Å². The molecule has 0 spiro atoms. The molecule has 0 heterocycles. The van der Waals surface area contributed by atoms with Gasteiger partial charge in [-0.05, 0) is 25.0 Å². The topological polar surface area (TPSA) is 41.1 Å². The summed E-state index contributed by atoms with van der Waals surface area (Å²) >= 11 is 5.51. The van der Waals surface area contributed by atoms with Crippen LogP contribution in [-0.2, 0) is 0 Å². The maximum atomic E-state index is 13.2. The number of urea groups is 1. The summed E-state index contributed by atoms with van der Waals surface area (Å²) in [6.45, 7) is 0.492. The number of carbonyl (C=O) groups excluding carboxylic acids is 1. The SMILES string of the molecule is O=C(NCCCCCCl)Nc1ccc(F)cc1F. The molecule has 0 aliphatic rings. The van der Waals surface area contributed by atoms with E-state index in [0.29, 0.717) is 12.4 Å². The minimum absolute atomic E-state index is 0.0466. The Bertz CT molecular complexity index is 402. The van der Waals surface area contributed by atoms with Crippen LogP contribution in [0.4, 0.5) is 19.3 Å². The third-order valence-electron chi connectivity index (χ3n) is 2.28. The van der Waals surface area contributed by atoms with E-state index in [1.807, 2.05) is 0 Å². The zero-order valence-electron chi connectivity index (χ0n) is 9.81. The second-order valence-corrected chi connectivity index (χ2v) is 4.13. The van der Waals surface area contributed by atoms with E-state index in [1.165, 1.54) is 6.07 Å². The fourth-order valence-electron chi connectivity index (χ4n) is 1.36. The summed E-state index contributed by atoms with van der Waals surface area (Å²) in [7, 11) is 0. The number of unbranched alkanes of at least 4 members (excludes halogenated alkanes) is 2. The van der Waals surface area contributed by atoms with Crippen molar-refractivity contribution < 1.29 is 13.6 Å². The van der Waals surface area contributed by atoms with E-state index in [9.17, 15) is 13.6 Å². The summed E-state index contributed by atoms with van der Waals surface area (Å²) in [4.78, 5) is 11.4. The Morgan fingerprint density at radius 2 is 2.00 bits per heavy atom. The molecule has 3 nitrogen and oxygen atoms in total. The number of anilines is 1. The maximum absolute atomic E-state index is 13.2. The third kappa shape index (κ3) is 5.31. The first-order valence-corrected chi connectivity index (χ1v) is 6.23. The number of carbonyl (C=O) groups is 1. The van der Waals surface area contributed by atoms with Gasteiger partial charge in [0, 0.05) is 18.5 Å². The molecule has 1 aromatic rings. The van der Waals surface area contributed by atoms with Crippen molar-refractivity contribution in [2.45, 2.75) is 19.3 Å². The summed E-state index contributed by atoms with van der Waals surface area (Å²) < 4.78 is 25.8. The Labute approximate surface area is 110 Å². The molecule has 1 rings (SSSR count). The van der Waals surface area contributed by atoms with E-state index in [1.54, 1.807) is 0 Å². The smallest absolute Gasteiger partial charge is 0.319 e. The highest BCUT2D eigenvalue weighted by molar-refractivity contribution is 6.17. The summed E-state index contributed by atoms with van der Waals surface area (Å²) in [6, 6.07) is 2.47. The molecule has 0 saturated carbocycles. The highest BCUT2D eigenvalue weighted by Gasteiger charge is 2.06. The predicted octanol–water partition coefficient (Wildman–Crippen LogP) is 3.50. The minimum Gasteiger partial charge on any atom is -0.338 e. The molecule has 100 valence electrons. The minimum atomic E-state index is -0.799. The normalized spacial score (nSPS) is 10.2. The maximum Gasteiger partial charge on any atom is 0.319 e. The lowest BCUT2D eigenvalue weighted by molar-refractivity contribution is 0.252. The monoisotopic (exact) mass is 276 g/mol. The van der Waals surface area contributed by atoms with Crippen LogP contribution in [0, 0.1) is 11.6 Å². The van der Waals surface area contributed by atoms with E-state index in [-0.39, 0.29) is 5.69 Å². The van der Waals surface area contributed by atoms with E-state index in [0.717, 1.165) is 31.4 Å². The first-order valence-electron chi connectivity index (χ1n) is 5.69. The van der Waals surface area contributed by atoms with E-state index in [4.69, 9.17) is 11.6 Å². The molecule has 1 aromatic carbocycles. The van der Waals surface area contributed by atoms with Gasteiger partial charge in [0.25, 0.3) is 0 Å². The molecule has 0 radical (unpaired) electrons. The molecule has 0 saturated heterocycles. The Kier molecular flexibility index (Phi) is 6.43. The number of benzene rings is 1. The summed E-state index contributed by atoms with van der Waals surface area (Å²) in [5.41, 5.74) is -0.0466. The van der Waals surface area contributed by atoms with Crippen molar-refractivity contribution in [3.63, 3.8) is 0 Å². The van der Waals surface area contributed by atoms with Gasteiger partial charge in [-0.1, -0.05) is 6.42 Å². The van der Waals surface area contributed by atoms with Crippen LogP contribution in [0.15, 0.2) is 18.2 Å². The Balaban J connectivity index is 2.31. The first-order chi connectivity index (χ1) is 8.63. The third-order valence-corrected chi connectivity index (χ3v) is 2.54. The second-order valence-electron chi connectivity index (χ2n) is 3.75. The first kappa shape index (κ1) is 14.7. The number of hydrogen-bond donors (Lipinski definition) is 2. The van der Waals surface area contributed by atoms with Gasteiger partial charge in [0.1, 0.15) is 11.6 Å². The van der Waals surface area contributed by atoms with Gasteiger partial charge in [-0.2, -0.15) is 0 Å². The zero-order chi connectivity index (χ0) is 13.4. The van der Waals surface area contributed by atoms with Crippen molar-refractivity contribution in [3.8, 4) is 0 Å². The van der Waals surface area contributed by atoms with Crippen LogP contribution in [0.25, 0.3) is 0 Å². The lowest BCUT2D eigenvalue weighted by Crippen LogP contribution is -2.29. The fourth-order valence-corrected chi connectivity index (χ4v) is 1.54. The largest absolute Gasteiger partial charge is 0.338 e. The average molecular weight is 277 g/mol. The molecule has 6 heteroatoms. The number of rotatable bonds is 6.